The molecule has 0 radical (unpaired) electrons. The lowest BCUT2D eigenvalue weighted by Gasteiger charge is -2.23. The lowest BCUT2D eigenvalue weighted by Crippen LogP contribution is -2.28. The lowest BCUT2D eigenvalue weighted by molar-refractivity contribution is -0.121. The van der Waals surface area contributed by atoms with Gasteiger partial charge < -0.3 is 15.8 Å². The molecule has 1 rings (SSSR count). The fourth-order valence-electron chi connectivity index (χ4n) is 2.28. The van der Waals surface area contributed by atoms with E-state index in [9.17, 15) is 4.79 Å². The van der Waals surface area contributed by atoms with Crippen molar-refractivity contribution in [2.45, 2.75) is 46.0 Å². The Morgan fingerprint density at radius 2 is 2.22 bits per heavy atom. The van der Waals surface area contributed by atoms with E-state index in [1.54, 1.807) is 0 Å². The van der Waals surface area contributed by atoms with E-state index in [1.165, 1.54) is 0 Å². The topological polar surface area (TPSA) is 64.4 Å². The summed E-state index contributed by atoms with van der Waals surface area (Å²) < 4.78 is 5.31. The number of carbonyl (C=O) groups is 1. The van der Waals surface area contributed by atoms with Crippen LogP contribution in [0.5, 0.6) is 0 Å². The fourth-order valence-corrected chi connectivity index (χ4v) is 2.28. The number of amides is 1. The van der Waals surface area contributed by atoms with Crippen LogP contribution in [0.2, 0.25) is 0 Å². The minimum atomic E-state index is 0.166. The molecule has 0 spiro atoms. The average Bonchev–Trinajstić information content (AvgIpc) is 2.79. The van der Waals surface area contributed by atoms with E-state index >= 15 is 0 Å². The highest BCUT2D eigenvalue weighted by molar-refractivity contribution is 5.75. The lowest BCUT2D eigenvalue weighted by atomic mass is 9.84. The van der Waals surface area contributed by atoms with Gasteiger partial charge in [0.2, 0.25) is 5.91 Å². The molecule has 1 heterocycles. The van der Waals surface area contributed by atoms with Gasteiger partial charge in [-0.05, 0) is 43.6 Å². The van der Waals surface area contributed by atoms with Crippen LogP contribution in [0.15, 0.2) is 0 Å². The predicted molar refractivity (Wildman–Crippen MR) is 73.2 cm³/mol. The van der Waals surface area contributed by atoms with Gasteiger partial charge in [-0.1, -0.05) is 13.8 Å². The van der Waals surface area contributed by atoms with Crippen LogP contribution in [0, 0.1) is 11.3 Å². The third-order valence-corrected chi connectivity index (χ3v) is 3.75. The Kier molecular flexibility index (Phi) is 6.65. The molecule has 0 aromatic carbocycles. The van der Waals surface area contributed by atoms with E-state index in [0.29, 0.717) is 18.9 Å². The molecule has 4 nitrogen and oxygen atoms in total. The first kappa shape index (κ1) is 15.4. The van der Waals surface area contributed by atoms with Crippen LogP contribution in [0.4, 0.5) is 0 Å². The highest BCUT2D eigenvalue weighted by atomic mass is 16.5. The maximum Gasteiger partial charge on any atom is 0.220 e. The van der Waals surface area contributed by atoms with Crippen molar-refractivity contribution in [3.8, 4) is 0 Å². The fraction of sp³-hybridized carbons (Fsp3) is 0.929. The van der Waals surface area contributed by atoms with Gasteiger partial charge in [0.25, 0.3) is 0 Å². The van der Waals surface area contributed by atoms with Crippen LogP contribution >= 0.6 is 0 Å². The van der Waals surface area contributed by atoms with Gasteiger partial charge in [-0.2, -0.15) is 0 Å². The van der Waals surface area contributed by atoms with Crippen molar-refractivity contribution in [1.82, 2.24) is 5.32 Å². The van der Waals surface area contributed by atoms with Crippen molar-refractivity contribution in [2.24, 2.45) is 17.1 Å². The number of hydrogen-bond donors (Lipinski definition) is 2. The Bertz CT molecular complexity index is 248. The number of nitrogens with one attached hydrogen (secondary N) is 1. The zero-order chi connectivity index (χ0) is 13.4. The minimum Gasteiger partial charge on any atom is -0.381 e. The van der Waals surface area contributed by atoms with Crippen molar-refractivity contribution in [1.29, 1.82) is 0 Å². The normalized spacial score (nSPS) is 20.1. The molecule has 0 saturated carbocycles. The smallest absolute Gasteiger partial charge is 0.220 e. The zero-order valence-electron chi connectivity index (χ0n) is 11.8. The van der Waals surface area contributed by atoms with E-state index in [4.69, 9.17) is 10.5 Å². The molecule has 0 aromatic rings. The van der Waals surface area contributed by atoms with Gasteiger partial charge in [0, 0.05) is 26.2 Å². The van der Waals surface area contributed by atoms with Crippen LogP contribution in [0.3, 0.4) is 0 Å². The van der Waals surface area contributed by atoms with Crippen molar-refractivity contribution < 1.29 is 9.53 Å². The minimum absolute atomic E-state index is 0.166. The SMILES string of the molecule is CC(C)(CCN)CCC(=O)NCCC1CCOC1. The van der Waals surface area contributed by atoms with Crippen LogP contribution in [-0.2, 0) is 9.53 Å². The van der Waals surface area contributed by atoms with E-state index in [1.807, 2.05) is 0 Å². The third kappa shape index (κ3) is 6.36. The Hall–Kier alpha value is -0.610. The van der Waals surface area contributed by atoms with Gasteiger partial charge in [0.15, 0.2) is 0 Å². The van der Waals surface area contributed by atoms with Crippen molar-refractivity contribution in [2.75, 3.05) is 26.3 Å². The molecular formula is C14H28N2O2. The molecule has 3 N–H and O–H groups in total. The van der Waals surface area contributed by atoms with Crippen LogP contribution < -0.4 is 11.1 Å². The number of nitrogens with two attached hydrogens (primary N) is 1. The molecule has 1 atom stereocenters. The molecule has 1 fully saturated rings. The molecule has 4 heteroatoms. The summed E-state index contributed by atoms with van der Waals surface area (Å²) in [4.78, 5) is 11.7. The summed E-state index contributed by atoms with van der Waals surface area (Å²) in [5.74, 6) is 0.804. The Labute approximate surface area is 111 Å². The van der Waals surface area contributed by atoms with E-state index in [2.05, 4.69) is 19.2 Å². The Morgan fingerprint density at radius 3 is 2.83 bits per heavy atom. The van der Waals surface area contributed by atoms with Crippen molar-refractivity contribution in [3.63, 3.8) is 0 Å². The summed E-state index contributed by atoms with van der Waals surface area (Å²) in [6.07, 6.45) is 4.66. The summed E-state index contributed by atoms with van der Waals surface area (Å²) >= 11 is 0. The van der Waals surface area contributed by atoms with Crippen LogP contribution in [0.1, 0.15) is 46.0 Å². The molecule has 106 valence electrons. The summed E-state index contributed by atoms with van der Waals surface area (Å²) in [6.45, 7) is 7.55. The highest BCUT2D eigenvalue weighted by Gasteiger charge is 2.19. The van der Waals surface area contributed by atoms with Gasteiger partial charge >= 0.3 is 0 Å². The quantitative estimate of drug-likeness (QED) is 0.694. The average molecular weight is 256 g/mol. The third-order valence-electron chi connectivity index (χ3n) is 3.75. The second kappa shape index (κ2) is 7.74. The number of rotatable bonds is 8. The highest BCUT2D eigenvalue weighted by Crippen LogP contribution is 2.25. The molecule has 0 aromatic heterocycles. The largest absolute Gasteiger partial charge is 0.381 e. The van der Waals surface area contributed by atoms with E-state index in [-0.39, 0.29) is 11.3 Å². The second-order valence-corrected chi connectivity index (χ2v) is 6.07. The van der Waals surface area contributed by atoms with Gasteiger partial charge in [0.05, 0.1) is 0 Å². The van der Waals surface area contributed by atoms with E-state index in [0.717, 1.165) is 45.4 Å². The summed E-state index contributed by atoms with van der Waals surface area (Å²) in [5.41, 5.74) is 5.73. The van der Waals surface area contributed by atoms with Crippen LogP contribution in [-0.4, -0.2) is 32.2 Å². The molecule has 1 unspecified atom stereocenters. The molecule has 0 bridgehead atoms. The van der Waals surface area contributed by atoms with Crippen LogP contribution in [0.25, 0.3) is 0 Å². The van der Waals surface area contributed by atoms with E-state index < -0.39 is 0 Å². The first-order valence-electron chi connectivity index (χ1n) is 7.08. The van der Waals surface area contributed by atoms with Gasteiger partial charge in [-0.25, -0.2) is 0 Å². The molecule has 0 aliphatic carbocycles. The maximum absolute atomic E-state index is 11.7. The predicted octanol–water partition coefficient (Wildman–Crippen LogP) is 1.68. The molecular weight excluding hydrogens is 228 g/mol. The molecule has 1 aliphatic heterocycles. The van der Waals surface area contributed by atoms with Gasteiger partial charge in [-0.3, -0.25) is 4.79 Å². The first-order valence-corrected chi connectivity index (χ1v) is 7.08. The summed E-state index contributed by atoms with van der Waals surface area (Å²) in [6, 6.07) is 0. The second-order valence-electron chi connectivity index (χ2n) is 6.07. The number of ether oxygens (including phenoxy) is 1. The first-order chi connectivity index (χ1) is 8.53. The Balaban J connectivity index is 2.06. The monoisotopic (exact) mass is 256 g/mol. The standard InChI is InChI=1S/C14H28N2O2/c1-14(2,7-8-15)6-3-13(17)16-9-4-12-5-10-18-11-12/h12H,3-11,15H2,1-2H3,(H,16,17). The summed E-state index contributed by atoms with van der Waals surface area (Å²) in [5, 5.41) is 3.00. The molecule has 1 aliphatic rings. The molecule has 1 saturated heterocycles. The molecule has 1 amide bonds. The van der Waals surface area contributed by atoms with Crippen molar-refractivity contribution in [3.05, 3.63) is 0 Å². The van der Waals surface area contributed by atoms with Gasteiger partial charge in [-0.15, -0.1) is 0 Å². The molecule has 18 heavy (non-hydrogen) atoms. The number of hydrogen-bond acceptors (Lipinski definition) is 3. The van der Waals surface area contributed by atoms with Crippen molar-refractivity contribution >= 4 is 5.91 Å². The number of carbonyl (C=O) groups excluding carboxylic acids is 1. The Morgan fingerprint density at radius 1 is 1.44 bits per heavy atom. The summed E-state index contributed by atoms with van der Waals surface area (Å²) in [7, 11) is 0. The maximum atomic E-state index is 11.7. The van der Waals surface area contributed by atoms with Gasteiger partial charge in [0.1, 0.15) is 0 Å². The zero-order valence-corrected chi connectivity index (χ0v) is 11.8.